The summed E-state index contributed by atoms with van der Waals surface area (Å²) >= 11 is 0. The Morgan fingerprint density at radius 3 is 2.69 bits per heavy atom. The minimum absolute atomic E-state index is 0.177. The average molecular weight is 217 g/mol. The summed E-state index contributed by atoms with van der Waals surface area (Å²) in [7, 11) is 0. The first kappa shape index (κ1) is 12.7. The van der Waals surface area contributed by atoms with E-state index in [2.05, 4.69) is 28.1 Å². The first-order valence-electron chi connectivity index (χ1n) is 5.73. The molecule has 0 radical (unpaired) electrons. The number of nitrogens with one attached hydrogen (secondary N) is 1. The molecule has 0 aromatic carbocycles. The maximum absolute atomic E-state index is 5.29. The zero-order valence-corrected chi connectivity index (χ0v) is 10.0. The summed E-state index contributed by atoms with van der Waals surface area (Å²) in [6, 6.07) is 0.177. The summed E-state index contributed by atoms with van der Waals surface area (Å²) in [6.07, 6.45) is 11.7. The molecule has 0 fully saturated rings. The standard InChI is InChI=1S/C13H19N3/c1-4-6-7-12(14-8-5-2)13-15-9-11(3)10-16-13/h1,9-10,12,14H,5-8H2,2-3H3. The second-order valence-corrected chi connectivity index (χ2v) is 3.87. The van der Waals surface area contributed by atoms with Gasteiger partial charge in [0.25, 0.3) is 0 Å². The Kier molecular flexibility index (Phi) is 5.52. The normalized spacial score (nSPS) is 12.1. The predicted molar refractivity (Wildman–Crippen MR) is 65.9 cm³/mol. The largest absolute Gasteiger partial charge is 0.307 e. The van der Waals surface area contributed by atoms with Gasteiger partial charge in [-0.3, -0.25) is 0 Å². The second-order valence-electron chi connectivity index (χ2n) is 3.87. The Morgan fingerprint density at radius 2 is 2.12 bits per heavy atom. The number of nitrogens with zero attached hydrogens (tertiary/aromatic N) is 2. The molecule has 1 unspecified atom stereocenters. The molecule has 0 aliphatic carbocycles. The summed E-state index contributed by atoms with van der Waals surface area (Å²) in [5, 5.41) is 3.42. The van der Waals surface area contributed by atoms with Crippen LogP contribution in [0.5, 0.6) is 0 Å². The van der Waals surface area contributed by atoms with Gasteiger partial charge in [-0.2, -0.15) is 0 Å². The van der Waals surface area contributed by atoms with Gasteiger partial charge in [0.2, 0.25) is 0 Å². The molecule has 1 heterocycles. The van der Waals surface area contributed by atoms with Crippen LogP contribution in [0.25, 0.3) is 0 Å². The van der Waals surface area contributed by atoms with Gasteiger partial charge in [0.1, 0.15) is 5.82 Å². The van der Waals surface area contributed by atoms with Gasteiger partial charge in [0, 0.05) is 18.8 Å². The molecule has 3 heteroatoms. The lowest BCUT2D eigenvalue weighted by atomic mass is 10.1. The van der Waals surface area contributed by atoms with Gasteiger partial charge in [-0.25, -0.2) is 9.97 Å². The monoisotopic (exact) mass is 217 g/mol. The third-order valence-corrected chi connectivity index (χ3v) is 2.33. The molecule has 0 spiro atoms. The first-order chi connectivity index (χ1) is 7.77. The van der Waals surface area contributed by atoms with Crippen LogP contribution in [0.1, 0.15) is 43.6 Å². The highest BCUT2D eigenvalue weighted by atomic mass is 15.0. The SMILES string of the molecule is C#CCCC(NCCC)c1ncc(C)cn1. The van der Waals surface area contributed by atoms with Gasteiger partial charge in [-0.15, -0.1) is 12.3 Å². The summed E-state index contributed by atoms with van der Waals surface area (Å²) < 4.78 is 0. The minimum Gasteiger partial charge on any atom is -0.307 e. The quantitative estimate of drug-likeness (QED) is 0.743. The highest BCUT2D eigenvalue weighted by Crippen LogP contribution is 2.13. The molecule has 0 bridgehead atoms. The summed E-state index contributed by atoms with van der Waals surface area (Å²) in [5.74, 6) is 3.50. The van der Waals surface area contributed by atoms with Crippen molar-refractivity contribution < 1.29 is 0 Å². The molecule has 1 N–H and O–H groups in total. The van der Waals surface area contributed by atoms with Gasteiger partial charge in [0.05, 0.1) is 6.04 Å². The van der Waals surface area contributed by atoms with E-state index in [1.54, 1.807) is 0 Å². The summed E-state index contributed by atoms with van der Waals surface area (Å²) in [6.45, 7) is 5.09. The number of terminal acetylenes is 1. The van der Waals surface area contributed by atoms with Crippen molar-refractivity contribution in [2.24, 2.45) is 0 Å². The van der Waals surface area contributed by atoms with Crippen LogP contribution in [-0.2, 0) is 0 Å². The summed E-state index contributed by atoms with van der Waals surface area (Å²) in [5.41, 5.74) is 1.08. The molecule has 0 saturated heterocycles. The van der Waals surface area contributed by atoms with Crippen molar-refractivity contribution in [2.45, 2.75) is 39.2 Å². The fourth-order valence-electron chi connectivity index (χ4n) is 1.45. The molecular weight excluding hydrogens is 198 g/mol. The lowest BCUT2D eigenvalue weighted by Gasteiger charge is -2.15. The molecule has 1 atom stereocenters. The molecule has 3 nitrogen and oxygen atoms in total. The van der Waals surface area contributed by atoms with Crippen molar-refractivity contribution in [1.29, 1.82) is 0 Å². The van der Waals surface area contributed by atoms with Gasteiger partial charge >= 0.3 is 0 Å². The van der Waals surface area contributed by atoms with Crippen LogP contribution in [0.2, 0.25) is 0 Å². The van der Waals surface area contributed by atoms with Crippen molar-refractivity contribution in [1.82, 2.24) is 15.3 Å². The second kappa shape index (κ2) is 6.97. The molecule has 86 valence electrons. The average Bonchev–Trinajstić information content (AvgIpc) is 2.31. The third-order valence-electron chi connectivity index (χ3n) is 2.33. The van der Waals surface area contributed by atoms with Crippen LogP contribution >= 0.6 is 0 Å². The maximum atomic E-state index is 5.29. The van der Waals surface area contributed by atoms with Crippen LogP contribution in [0, 0.1) is 19.3 Å². The minimum atomic E-state index is 0.177. The zero-order chi connectivity index (χ0) is 11.8. The molecule has 0 aliphatic rings. The number of aromatic nitrogens is 2. The van der Waals surface area contributed by atoms with Crippen LogP contribution < -0.4 is 5.32 Å². The molecule has 0 aliphatic heterocycles. The number of hydrogen-bond acceptors (Lipinski definition) is 3. The van der Waals surface area contributed by atoms with Crippen LogP contribution in [0.4, 0.5) is 0 Å². The van der Waals surface area contributed by atoms with E-state index in [1.807, 2.05) is 19.3 Å². The number of hydrogen-bond donors (Lipinski definition) is 1. The lowest BCUT2D eigenvalue weighted by molar-refractivity contribution is 0.482. The topological polar surface area (TPSA) is 37.8 Å². The van der Waals surface area contributed by atoms with E-state index in [-0.39, 0.29) is 6.04 Å². The fourth-order valence-corrected chi connectivity index (χ4v) is 1.45. The van der Waals surface area contributed by atoms with Gasteiger partial charge < -0.3 is 5.32 Å². The van der Waals surface area contributed by atoms with Crippen LogP contribution in [0.15, 0.2) is 12.4 Å². The van der Waals surface area contributed by atoms with E-state index >= 15 is 0 Å². The van der Waals surface area contributed by atoms with E-state index in [0.717, 1.165) is 37.2 Å². The Morgan fingerprint density at radius 1 is 1.44 bits per heavy atom. The number of rotatable bonds is 6. The first-order valence-corrected chi connectivity index (χ1v) is 5.73. The Labute approximate surface area is 97.7 Å². The van der Waals surface area contributed by atoms with E-state index in [9.17, 15) is 0 Å². The highest BCUT2D eigenvalue weighted by Gasteiger charge is 2.12. The maximum Gasteiger partial charge on any atom is 0.145 e. The molecule has 1 rings (SSSR count). The van der Waals surface area contributed by atoms with Crippen molar-refractivity contribution in [3.05, 3.63) is 23.8 Å². The zero-order valence-electron chi connectivity index (χ0n) is 10.0. The van der Waals surface area contributed by atoms with Gasteiger partial charge in [-0.05, 0) is 31.9 Å². The molecular formula is C13H19N3. The van der Waals surface area contributed by atoms with Crippen LogP contribution in [-0.4, -0.2) is 16.5 Å². The van der Waals surface area contributed by atoms with Crippen molar-refractivity contribution >= 4 is 0 Å². The molecule has 1 aromatic rings. The van der Waals surface area contributed by atoms with Crippen molar-refractivity contribution in [3.63, 3.8) is 0 Å². The Hall–Kier alpha value is -1.40. The summed E-state index contributed by atoms with van der Waals surface area (Å²) in [4.78, 5) is 8.68. The highest BCUT2D eigenvalue weighted by molar-refractivity contribution is 5.05. The molecule has 0 saturated carbocycles. The van der Waals surface area contributed by atoms with Crippen molar-refractivity contribution in [3.8, 4) is 12.3 Å². The smallest absolute Gasteiger partial charge is 0.145 e. The molecule has 1 aromatic heterocycles. The van der Waals surface area contributed by atoms with E-state index in [4.69, 9.17) is 6.42 Å². The fraction of sp³-hybridized carbons (Fsp3) is 0.538. The Bertz CT molecular complexity index is 337. The number of aryl methyl sites for hydroxylation is 1. The van der Waals surface area contributed by atoms with E-state index in [1.165, 1.54) is 0 Å². The lowest BCUT2D eigenvalue weighted by Crippen LogP contribution is -2.24. The third kappa shape index (κ3) is 4.00. The van der Waals surface area contributed by atoms with Crippen molar-refractivity contribution in [2.75, 3.05) is 6.54 Å². The molecule has 0 amide bonds. The van der Waals surface area contributed by atoms with Gasteiger partial charge in [-0.1, -0.05) is 6.92 Å². The van der Waals surface area contributed by atoms with E-state index in [0.29, 0.717) is 0 Å². The van der Waals surface area contributed by atoms with E-state index < -0.39 is 0 Å². The Balaban J connectivity index is 2.67. The predicted octanol–water partition coefficient (Wildman–Crippen LogP) is 2.24. The molecule has 16 heavy (non-hydrogen) atoms. The van der Waals surface area contributed by atoms with Gasteiger partial charge in [0.15, 0.2) is 0 Å². The van der Waals surface area contributed by atoms with Crippen LogP contribution in [0.3, 0.4) is 0 Å².